The van der Waals surface area contributed by atoms with Gasteiger partial charge in [0.1, 0.15) is 18.5 Å². The normalized spacial score (nSPS) is 24.0. The van der Waals surface area contributed by atoms with E-state index in [0.29, 0.717) is 16.1 Å². The van der Waals surface area contributed by atoms with Crippen molar-refractivity contribution in [3.05, 3.63) is 52.5 Å². The minimum absolute atomic E-state index is 0.109. The van der Waals surface area contributed by atoms with Gasteiger partial charge in [0.05, 0.1) is 6.61 Å². The maximum atomic E-state index is 14.5. The predicted molar refractivity (Wildman–Crippen MR) is 116 cm³/mol. The Kier molecular flexibility index (Phi) is 7.36. The molecule has 2 aliphatic rings. The number of carbonyl (C=O) groups excluding carboxylic acids is 2. The van der Waals surface area contributed by atoms with Crippen LogP contribution in [0.3, 0.4) is 0 Å². The van der Waals surface area contributed by atoms with Gasteiger partial charge in [-0.25, -0.2) is 4.39 Å². The number of halogens is 2. The molecule has 1 amide bonds. The average molecular weight is 453 g/mol. The largest absolute Gasteiger partial charge is 0.380 e. The van der Waals surface area contributed by atoms with Crippen LogP contribution in [0.15, 0.2) is 46.0 Å². The molecule has 0 bridgehead atoms. The Morgan fingerprint density at radius 2 is 2.10 bits per heavy atom. The highest BCUT2D eigenvalue weighted by molar-refractivity contribution is 7.98. The molecule has 0 fully saturated rings. The number of benzene rings is 1. The number of carbonyl (C=O) groups is 2. The van der Waals surface area contributed by atoms with Crippen molar-refractivity contribution in [2.75, 3.05) is 37.2 Å². The number of Topliss-reactive ketones (excluding diaryl/α,β-unsaturated/α-hetero) is 1. The van der Waals surface area contributed by atoms with E-state index in [9.17, 15) is 19.1 Å². The van der Waals surface area contributed by atoms with E-state index in [1.165, 1.54) is 30.1 Å². The number of fused-ring (bicyclic) bond motifs is 1. The fraction of sp³-hybridized carbons (Fsp3) is 0.333. The first-order chi connectivity index (χ1) is 14.4. The number of aliphatic hydroxyl groups is 1. The Hall–Kier alpha value is -2.13. The van der Waals surface area contributed by atoms with Crippen molar-refractivity contribution >= 4 is 46.3 Å². The van der Waals surface area contributed by atoms with Gasteiger partial charge < -0.3 is 20.5 Å². The molecule has 3 rings (SSSR count). The van der Waals surface area contributed by atoms with Crippen LogP contribution in [0.4, 0.5) is 10.1 Å². The van der Waals surface area contributed by atoms with Crippen molar-refractivity contribution in [2.24, 2.45) is 0 Å². The van der Waals surface area contributed by atoms with Gasteiger partial charge >= 0.3 is 0 Å². The average Bonchev–Trinajstić information content (AvgIpc) is 2.86. The molecular weight excluding hydrogens is 431 g/mol. The van der Waals surface area contributed by atoms with E-state index in [1.807, 2.05) is 6.92 Å². The van der Waals surface area contributed by atoms with Crippen LogP contribution in [0.2, 0.25) is 0 Å². The number of hydrogen-bond donors (Lipinski definition) is 3. The molecule has 0 radical (unpaired) electrons. The van der Waals surface area contributed by atoms with Crippen LogP contribution in [0, 0.1) is 5.82 Å². The van der Waals surface area contributed by atoms with Crippen LogP contribution in [-0.4, -0.2) is 54.8 Å². The van der Waals surface area contributed by atoms with Gasteiger partial charge in [-0.1, -0.05) is 0 Å². The number of rotatable bonds is 2. The van der Waals surface area contributed by atoms with Gasteiger partial charge in [-0.3, -0.25) is 9.59 Å². The van der Waals surface area contributed by atoms with E-state index in [1.54, 1.807) is 12.3 Å². The Morgan fingerprint density at radius 3 is 2.80 bits per heavy atom. The number of anilines is 1. The second kappa shape index (κ2) is 9.78. The van der Waals surface area contributed by atoms with E-state index in [2.05, 4.69) is 10.6 Å². The topological polar surface area (TPSA) is 87.7 Å². The van der Waals surface area contributed by atoms with E-state index >= 15 is 0 Å². The number of aliphatic hydroxyl groups excluding tert-OH is 1. The highest BCUT2D eigenvalue weighted by atomic mass is 35.5. The number of allylic oxidation sites excluding steroid dienone is 1. The Morgan fingerprint density at radius 1 is 1.33 bits per heavy atom. The fourth-order valence-corrected chi connectivity index (χ4v) is 4.15. The Labute approximate surface area is 183 Å². The molecule has 0 saturated heterocycles. The summed E-state index contributed by atoms with van der Waals surface area (Å²) in [6.07, 6.45) is 3.20. The van der Waals surface area contributed by atoms with Gasteiger partial charge in [-0.2, -0.15) is 0 Å². The third kappa shape index (κ3) is 4.62. The molecule has 0 spiro atoms. The van der Waals surface area contributed by atoms with E-state index in [4.69, 9.17) is 16.3 Å². The zero-order valence-corrected chi connectivity index (χ0v) is 18.1. The number of amides is 1. The zero-order valence-electron chi connectivity index (χ0n) is 16.6. The number of alkyl halides is 1. The molecule has 2 aliphatic heterocycles. The van der Waals surface area contributed by atoms with Crippen LogP contribution < -0.4 is 10.6 Å². The molecule has 0 saturated carbocycles. The first-order valence-corrected chi connectivity index (χ1v) is 11.0. The second-order valence-electron chi connectivity index (χ2n) is 6.88. The molecule has 1 aromatic carbocycles. The van der Waals surface area contributed by atoms with E-state index in [0.717, 1.165) is 11.1 Å². The van der Waals surface area contributed by atoms with Crippen LogP contribution in [0.25, 0.3) is 5.57 Å². The quantitative estimate of drug-likeness (QED) is 0.472. The predicted octanol–water partition coefficient (Wildman–Crippen LogP) is 2.87. The van der Waals surface area contributed by atoms with Crippen molar-refractivity contribution in [1.29, 1.82) is 0 Å². The van der Waals surface area contributed by atoms with Crippen LogP contribution in [-0.2, 0) is 14.3 Å². The number of ether oxygens (including phenoxy) is 1. The number of thioether (sulfide) groups is 1. The number of nitrogens with one attached hydrogen (secondary N) is 2. The van der Waals surface area contributed by atoms with Gasteiger partial charge in [-0.15, -0.1) is 23.4 Å². The third-order valence-electron chi connectivity index (χ3n) is 4.99. The molecule has 3 N–H and O–H groups in total. The molecule has 0 aromatic heterocycles. The second-order valence-corrected chi connectivity index (χ2v) is 8.00. The lowest BCUT2D eigenvalue weighted by atomic mass is 9.98. The highest BCUT2D eigenvalue weighted by Crippen LogP contribution is 2.33. The molecule has 2 heterocycles. The lowest BCUT2D eigenvalue weighted by Gasteiger charge is -2.19. The van der Waals surface area contributed by atoms with E-state index < -0.39 is 17.8 Å². The fourth-order valence-electron chi connectivity index (χ4n) is 3.29. The number of ketones is 1. The zero-order chi connectivity index (χ0) is 21.8. The summed E-state index contributed by atoms with van der Waals surface area (Å²) in [5.74, 6) is -1.20. The lowest BCUT2D eigenvalue weighted by Crippen LogP contribution is -2.31. The summed E-state index contributed by atoms with van der Waals surface area (Å²) in [6.45, 7) is 1.63. The van der Waals surface area contributed by atoms with Gasteiger partial charge in [0, 0.05) is 45.9 Å². The molecule has 0 aliphatic carbocycles. The summed E-state index contributed by atoms with van der Waals surface area (Å²) < 4.78 is 19.7. The van der Waals surface area contributed by atoms with Gasteiger partial charge in [0.2, 0.25) is 5.91 Å². The van der Waals surface area contributed by atoms with Gasteiger partial charge in [-0.05, 0) is 42.5 Å². The first-order valence-electron chi connectivity index (χ1n) is 9.22. The third-order valence-corrected chi connectivity index (χ3v) is 6.01. The lowest BCUT2D eigenvalue weighted by molar-refractivity contribution is -0.129. The standard InChI is InChI=1S/C21H22ClFN2O4S/c1-11-8-25-21(28)15-9-29-10-18(26)20(27)12(15)3-4-24-17-6-16(23)19(30-2)5-13(17)14(11)7-22/h3-6,20,24,27H,7-10H2,1-2H3,(H,25,28)/b4-3+,14-11+. The molecule has 9 heteroatoms. The molecule has 1 atom stereocenters. The monoisotopic (exact) mass is 452 g/mol. The van der Waals surface area contributed by atoms with Crippen LogP contribution in [0.1, 0.15) is 12.5 Å². The minimum atomic E-state index is -1.49. The number of hydrogen-bond acceptors (Lipinski definition) is 6. The van der Waals surface area contributed by atoms with Crippen molar-refractivity contribution in [3.8, 4) is 0 Å². The molecular formula is C21H22ClFN2O4S. The maximum Gasteiger partial charge on any atom is 0.250 e. The molecule has 1 unspecified atom stereocenters. The van der Waals surface area contributed by atoms with Gasteiger partial charge in [0.25, 0.3) is 0 Å². The summed E-state index contributed by atoms with van der Waals surface area (Å²) in [6, 6.07) is 3.09. The van der Waals surface area contributed by atoms with E-state index in [-0.39, 0.29) is 42.6 Å². The van der Waals surface area contributed by atoms with Crippen molar-refractivity contribution in [2.45, 2.75) is 17.9 Å². The smallest absolute Gasteiger partial charge is 0.250 e. The van der Waals surface area contributed by atoms with Crippen LogP contribution >= 0.6 is 23.4 Å². The Bertz CT molecular complexity index is 974. The molecule has 160 valence electrons. The summed E-state index contributed by atoms with van der Waals surface area (Å²) >= 11 is 7.50. The SMILES string of the molecule is CSc1cc2c(cc1F)N/C=C/C1=C(COCC(=O)C1O)C(=O)NC/C(C)=C/2CCl. The first kappa shape index (κ1) is 22.6. The highest BCUT2D eigenvalue weighted by Gasteiger charge is 2.28. The summed E-state index contributed by atoms with van der Waals surface area (Å²) in [5, 5.41) is 16.2. The molecule has 6 nitrogen and oxygen atoms in total. The van der Waals surface area contributed by atoms with Crippen LogP contribution in [0.5, 0.6) is 0 Å². The molecule has 1 aromatic rings. The summed E-state index contributed by atoms with van der Waals surface area (Å²) in [4.78, 5) is 25.3. The maximum absolute atomic E-state index is 14.5. The molecule has 30 heavy (non-hydrogen) atoms. The van der Waals surface area contributed by atoms with Gasteiger partial charge in [0.15, 0.2) is 5.78 Å². The van der Waals surface area contributed by atoms with Crippen molar-refractivity contribution in [1.82, 2.24) is 5.32 Å². The summed E-state index contributed by atoms with van der Waals surface area (Å²) in [7, 11) is 0. The van der Waals surface area contributed by atoms with Crippen molar-refractivity contribution in [3.63, 3.8) is 0 Å². The van der Waals surface area contributed by atoms with Crippen molar-refractivity contribution < 1.29 is 23.8 Å². The minimum Gasteiger partial charge on any atom is -0.380 e. The summed E-state index contributed by atoms with van der Waals surface area (Å²) in [5.41, 5.74) is 3.07. The Balaban J connectivity index is 2.16.